The predicted octanol–water partition coefficient (Wildman–Crippen LogP) is 1.08. The number of aliphatic hydroxyl groups is 2. The molecule has 0 aliphatic rings. The summed E-state index contributed by atoms with van der Waals surface area (Å²) in [5.41, 5.74) is 0.811. The number of alkyl halides is 2. The van der Waals surface area contributed by atoms with Crippen molar-refractivity contribution >= 4 is 0 Å². The van der Waals surface area contributed by atoms with Crippen LogP contribution in [0.1, 0.15) is 5.56 Å². The summed E-state index contributed by atoms with van der Waals surface area (Å²) in [4.78, 5) is 1.84. The van der Waals surface area contributed by atoms with E-state index in [1.165, 1.54) is 13.2 Å². The summed E-state index contributed by atoms with van der Waals surface area (Å²) in [5, 5.41) is 17.9. The summed E-state index contributed by atoms with van der Waals surface area (Å²) in [7, 11) is 1.37. The van der Waals surface area contributed by atoms with Crippen molar-refractivity contribution in [1.82, 2.24) is 4.90 Å². The Balaban J connectivity index is 2.80. The van der Waals surface area contributed by atoms with Crippen molar-refractivity contribution in [1.29, 1.82) is 0 Å². The number of halogens is 2. The number of hydrogen-bond donors (Lipinski definition) is 2. The first-order valence-electron chi connectivity index (χ1n) is 6.16. The second-order valence-corrected chi connectivity index (χ2v) is 4.09. The van der Waals surface area contributed by atoms with E-state index >= 15 is 0 Å². The number of methoxy groups -OCH3 is 1. The Morgan fingerprint density at radius 1 is 1.15 bits per heavy atom. The zero-order valence-electron chi connectivity index (χ0n) is 11.3. The molecule has 0 saturated heterocycles. The fourth-order valence-corrected chi connectivity index (χ4v) is 1.81. The van der Waals surface area contributed by atoms with Gasteiger partial charge in [0.1, 0.15) is 0 Å². The van der Waals surface area contributed by atoms with E-state index < -0.39 is 6.61 Å². The van der Waals surface area contributed by atoms with Gasteiger partial charge in [-0.2, -0.15) is 8.78 Å². The molecule has 0 fully saturated rings. The largest absolute Gasteiger partial charge is 0.493 e. The molecular weight excluding hydrogens is 272 g/mol. The summed E-state index contributed by atoms with van der Waals surface area (Å²) in [6.45, 7) is -1.66. The fraction of sp³-hybridized carbons (Fsp3) is 0.538. The topological polar surface area (TPSA) is 62.2 Å². The van der Waals surface area contributed by atoms with Crippen LogP contribution in [0.3, 0.4) is 0 Å². The molecule has 2 N–H and O–H groups in total. The second-order valence-electron chi connectivity index (χ2n) is 4.09. The standard InChI is InChI=1S/C13H19F2NO4/c1-19-12-8-10(2-3-11(12)20-13(14)15)9-16(4-6-17)5-7-18/h2-3,8,13,17-18H,4-7,9H2,1H3. The highest BCUT2D eigenvalue weighted by molar-refractivity contribution is 5.43. The second kappa shape index (κ2) is 8.68. The number of hydrogen-bond acceptors (Lipinski definition) is 5. The molecular formula is C13H19F2NO4. The smallest absolute Gasteiger partial charge is 0.387 e. The highest BCUT2D eigenvalue weighted by atomic mass is 19.3. The van der Waals surface area contributed by atoms with E-state index in [4.69, 9.17) is 14.9 Å². The van der Waals surface area contributed by atoms with Gasteiger partial charge in [-0.3, -0.25) is 4.90 Å². The molecule has 0 heterocycles. The fourth-order valence-electron chi connectivity index (χ4n) is 1.81. The van der Waals surface area contributed by atoms with E-state index in [9.17, 15) is 8.78 Å². The molecule has 7 heteroatoms. The SMILES string of the molecule is COc1cc(CN(CCO)CCO)ccc1OC(F)F. The van der Waals surface area contributed by atoms with Crippen molar-refractivity contribution in [2.24, 2.45) is 0 Å². The minimum absolute atomic E-state index is 0.0241. The maximum absolute atomic E-state index is 12.2. The van der Waals surface area contributed by atoms with Crippen LogP contribution in [0.4, 0.5) is 8.78 Å². The Bertz CT molecular complexity index is 398. The Morgan fingerprint density at radius 3 is 2.30 bits per heavy atom. The molecule has 0 bridgehead atoms. The van der Waals surface area contributed by atoms with Crippen molar-refractivity contribution in [3.63, 3.8) is 0 Å². The van der Waals surface area contributed by atoms with E-state index in [1.807, 2.05) is 4.90 Å². The third kappa shape index (κ3) is 5.28. The van der Waals surface area contributed by atoms with Crippen LogP contribution in [0, 0.1) is 0 Å². The van der Waals surface area contributed by atoms with Crippen LogP contribution in [0.25, 0.3) is 0 Å². The minimum atomic E-state index is -2.91. The molecule has 1 aromatic carbocycles. The first-order chi connectivity index (χ1) is 9.60. The summed E-state index contributed by atoms with van der Waals surface area (Å²) in [6, 6.07) is 4.65. The molecule has 0 spiro atoms. The molecule has 1 rings (SSSR count). The lowest BCUT2D eigenvalue weighted by molar-refractivity contribution is -0.0512. The molecule has 114 valence electrons. The van der Waals surface area contributed by atoms with Gasteiger partial charge in [-0.15, -0.1) is 0 Å². The summed E-state index contributed by atoms with van der Waals surface area (Å²) in [6.07, 6.45) is 0. The number of benzene rings is 1. The Morgan fingerprint density at radius 2 is 1.80 bits per heavy atom. The zero-order chi connectivity index (χ0) is 15.0. The van der Waals surface area contributed by atoms with Gasteiger partial charge in [-0.1, -0.05) is 6.07 Å². The molecule has 0 aliphatic heterocycles. The van der Waals surface area contributed by atoms with Crippen LogP contribution in [0.15, 0.2) is 18.2 Å². The Labute approximate surface area is 116 Å². The third-order valence-corrected chi connectivity index (χ3v) is 2.68. The summed E-state index contributed by atoms with van der Waals surface area (Å²) in [5.74, 6) is 0.192. The Kier molecular flexibility index (Phi) is 7.21. The van der Waals surface area contributed by atoms with Crippen LogP contribution in [0.5, 0.6) is 11.5 Å². The normalized spacial score (nSPS) is 11.2. The van der Waals surface area contributed by atoms with Gasteiger partial charge < -0.3 is 19.7 Å². The summed E-state index contributed by atoms with van der Waals surface area (Å²) >= 11 is 0. The molecule has 0 aromatic heterocycles. The average molecular weight is 291 g/mol. The molecule has 0 amide bonds. The first-order valence-corrected chi connectivity index (χ1v) is 6.16. The van der Waals surface area contributed by atoms with Gasteiger partial charge in [-0.05, 0) is 17.7 Å². The molecule has 1 aromatic rings. The van der Waals surface area contributed by atoms with Gasteiger partial charge in [0.15, 0.2) is 11.5 Å². The van der Waals surface area contributed by atoms with Crippen LogP contribution in [-0.2, 0) is 6.54 Å². The monoisotopic (exact) mass is 291 g/mol. The lowest BCUT2D eigenvalue weighted by Crippen LogP contribution is -2.29. The maximum Gasteiger partial charge on any atom is 0.387 e. The lowest BCUT2D eigenvalue weighted by atomic mass is 10.2. The predicted molar refractivity (Wildman–Crippen MR) is 69.1 cm³/mol. The van der Waals surface area contributed by atoms with Crippen molar-refractivity contribution in [2.75, 3.05) is 33.4 Å². The molecule has 20 heavy (non-hydrogen) atoms. The van der Waals surface area contributed by atoms with Crippen molar-refractivity contribution < 1.29 is 28.5 Å². The maximum atomic E-state index is 12.2. The molecule has 0 radical (unpaired) electrons. The molecule has 5 nitrogen and oxygen atoms in total. The van der Waals surface area contributed by atoms with E-state index in [0.29, 0.717) is 19.6 Å². The van der Waals surface area contributed by atoms with E-state index in [0.717, 1.165) is 5.56 Å². The number of rotatable bonds is 9. The van der Waals surface area contributed by atoms with Gasteiger partial charge in [0.2, 0.25) is 0 Å². The van der Waals surface area contributed by atoms with Crippen LogP contribution in [0.2, 0.25) is 0 Å². The van der Waals surface area contributed by atoms with Gasteiger partial charge in [-0.25, -0.2) is 0 Å². The van der Waals surface area contributed by atoms with E-state index in [2.05, 4.69) is 4.74 Å². The quantitative estimate of drug-likeness (QED) is 0.713. The Hall–Kier alpha value is -1.44. The van der Waals surface area contributed by atoms with Gasteiger partial charge >= 0.3 is 6.61 Å². The number of aliphatic hydroxyl groups excluding tert-OH is 2. The van der Waals surface area contributed by atoms with E-state index in [1.54, 1.807) is 12.1 Å². The van der Waals surface area contributed by atoms with Crippen LogP contribution >= 0.6 is 0 Å². The van der Waals surface area contributed by atoms with E-state index in [-0.39, 0.29) is 24.7 Å². The highest BCUT2D eigenvalue weighted by Crippen LogP contribution is 2.29. The molecule has 0 atom stereocenters. The van der Waals surface area contributed by atoms with Crippen LogP contribution in [-0.4, -0.2) is 55.1 Å². The van der Waals surface area contributed by atoms with Crippen LogP contribution < -0.4 is 9.47 Å². The third-order valence-electron chi connectivity index (χ3n) is 2.68. The lowest BCUT2D eigenvalue weighted by Gasteiger charge is -2.20. The van der Waals surface area contributed by atoms with Gasteiger partial charge in [0, 0.05) is 19.6 Å². The van der Waals surface area contributed by atoms with Crippen molar-refractivity contribution in [2.45, 2.75) is 13.2 Å². The van der Waals surface area contributed by atoms with Gasteiger partial charge in [0.25, 0.3) is 0 Å². The average Bonchev–Trinajstić information content (AvgIpc) is 2.40. The van der Waals surface area contributed by atoms with Crippen molar-refractivity contribution in [3.05, 3.63) is 23.8 Å². The molecule has 0 unspecified atom stereocenters. The zero-order valence-corrected chi connectivity index (χ0v) is 11.3. The number of ether oxygens (including phenoxy) is 2. The summed E-state index contributed by atoms with van der Waals surface area (Å²) < 4.78 is 33.8. The molecule has 0 saturated carbocycles. The molecule has 0 aliphatic carbocycles. The number of nitrogens with zero attached hydrogens (tertiary/aromatic N) is 1. The minimum Gasteiger partial charge on any atom is -0.493 e. The van der Waals surface area contributed by atoms with Gasteiger partial charge in [0.05, 0.1) is 20.3 Å². The van der Waals surface area contributed by atoms with Crippen molar-refractivity contribution in [3.8, 4) is 11.5 Å². The first kappa shape index (κ1) is 16.6. The highest BCUT2D eigenvalue weighted by Gasteiger charge is 2.12.